The monoisotopic (exact) mass is 565 g/mol. The zero-order valence-electron chi connectivity index (χ0n) is 25.1. The van der Waals surface area contributed by atoms with Gasteiger partial charge in [-0.3, -0.25) is 4.98 Å². The number of carboxylic acids is 1. The summed E-state index contributed by atoms with van der Waals surface area (Å²) in [7, 11) is 0. The molecule has 0 saturated carbocycles. The van der Waals surface area contributed by atoms with Crippen LogP contribution in [0, 0.1) is 26.2 Å². The number of piperidine rings is 1. The Balaban J connectivity index is 1.73. The number of thiazole rings is 1. The van der Waals surface area contributed by atoms with Gasteiger partial charge in [0.2, 0.25) is 0 Å². The smallest absolute Gasteiger partial charge is 0.337 e. The summed E-state index contributed by atoms with van der Waals surface area (Å²) in [5, 5.41) is 13.5. The molecule has 40 heavy (non-hydrogen) atoms. The number of ether oxygens (including phenoxy) is 2. The van der Waals surface area contributed by atoms with Crippen molar-refractivity contribution in [3.05, 3.63) is 57.3 Å². The highest BCUT2D eigenvalue weighted by Gasteiger charge is 2.36. The third-order valence-electron chi connectivity index (χ3n) is 7.41. The first-order valence-electron chi connectivity index (χ1n) is 14.0. The molecule has 1 aliphatic heterocycles. The minimum absolute atomic E-state index is 0.248. The van der Waals surface area contributed by atoms with E-state index in [4.69, 9.17) is 14.5 Å². The largest absolute Gasteiger partial charge is 0.493 e. The molecule has 1 unspecified atom stereocenters. The van der Waals surface area contributed by atoms with Crippen LogP contribution >= 0.6 is 11.3 Å². The van der Waals surface area contributed by atoms with Crippen LogP contribution in [0.1, 0.15) is 81.2 Å². The van der Waals surface area contributed by atoms with Crippen LogP contribution in [0.2, 0.25) is 0 Å². The van der Waals surface area contributed by atoms with Gasteiger partial charge in [0, 0.05) is 47.4 Å². The number of carboxylic acid groups (broad SMARTS) is 1. The van der Waals surface area contributed by atoms with Crippen molar-refractivity contribution in [3.8, 4) is 16.9 Å². The lowest BCUT2D eigenvalue weighted by atomic mass is 9.82. The van der Waals surface area contributed by atoms with E-state index in [2.05, 4.69) is 29.1 Å². The fourth-order valence-corrected chi connectivity index (χ4v) is 5.92. The molecule has 2 aromatic heterocycles. The normalized spacial score (nSPS) is 16.1. The Kier molecular flexibility index (Phi) is 8.90. The summed E-state index contributed by atoms with van der Waals surface area (Å²) in [6.07, 6.45) is 1.68. The van der Waals surface area contributed by atoms with Crippen LogP contribution in [0.25, 0.3) is 11.1 Å². The lowest BCUT2D eigenvalue weighted by Gasteiger charge is -2.41. The molecule has 3 aromatic rings. The van der Waals surface area contributed by atoms with Crippen molar-refractivity contribution in [2.24, 2.45) is 5.41 Å². The number of carbonyl (C=O) groups is 1. The Morgan fingerprint density at radius 2 is 1.73 bits per heavy atom. The lowest BCUT2D eigenvalue weighted by molar-refractivity contribution is -0.160. The first-order valence-corrected chi connectivity index (χ1v) is 14.9. The topological polar surface area (TPSA) is 84.8 Å². The van der Waals surface area contributed by atoms with Gasteiger partial charge in [0.15, 0.2) is 6.10 Å². The number of hydrogen-bond acceptors (Lipinski definition) is 7. The number of hydrogen-bond donors (Lipinski definition) is 1. The van der Waals surface area contributed by atoms with Crippen molar-refractivity contribution in [3.63, 3.8) is 0 Å². The van der Waals surface area contributed by atoms with E-state index < -0.39 is 17.7 Å². The maximum absolute atomic E-state index is 12.7. The molecule has 0 radical (unpaired) electrons. The molecule has 8 heteroatoms. The van der Waals surface area contributed by atoms with Crippen molar-refractivity contribution in [1.29, 1.82) is 0 Å². The molecule has 7 nitrogen and oxygen atoms in total. The predicted octanol–water partition coefficient (Wildman–Crippen LogP) is 7.32. The first kappa shape index (κ1) is 30.0. The Labute approximate surface area is 242 Å². The van der Waals surface area contributed by atoms with Gasteiger partial charge in [0.25, 0.3) is 0 Å². The number of nitrogens with zero attached hydrogens (tertiary/aromatic N) is 3. The maximum atomic E-state index is 12.7. The van der Waals surface area contributed by atoms with Crippen molar-refractivity contribution < 1.29 is 19.4 Å². The van der Waals surface area contributed by atoms with Crippen LogP contribution in [-0.2, 0) is 16.0 Å². The number of benzene rings is 1. The summed E-state index contributed by atoms with van der Waals surface area (Å²) in [5.41, 5.74) is 5.71. The molecular weight excluding hydrogens is 522 g/mol. The summed E-state index contributed by atoms with van der Waals surface area (Å²) in [6.45, 7) is 18.4. The van der Waals surface area contributed by atoms with Crippen LogP contribution < -0.4 is 9.64 Å². The van der Waals surface area contributed by atoms with Crippen LogP contribution in [0.4, 0.5) is 5.69 Å². The third kappa shape index (κ3) is 7.21. The molecule has 0 bridgehead atoms. The standard InChI is InChI=1S/C32H43N3O4S/c1-20-26(23-9-11-25(12-10-23)38-18-13-24-19-40-22(3)34-24)28(35-16-14-32(7,8)15-17-35)27(21(2)33-20)29(30(36)37)39-31(4,5)6/h9-12,19,29H,13-18H2,1-8H3,(H,36,37). The first-order chi connectivity index (χ1) is 18.7. The molecule has 0 spiro atoms. The molecule has 1 N–H and O–H groups in total. The highest BCUT2D eigenvalue weighted by molar-refractivity contribution is 7.09. The number of anilines is 1. The van der Waals surface area contributed by atoms with E-state index in [-0.39, 0.29) is 5.41 Å². The molecular formula is C32H43N3O4S. The average molecular weight is 566 g/mol. The second-order valence-corrected chi connectivity index (χ2v) is 13.6. The highest BCUT2D eigenvalue weighted by atomic mass is 32.1. The molecule has 0 amide bonds. The fraction of sp³-hybridized carbons (Fsp3) is 0.531. The number of rotatable bonds is 9. The molecule has 1 atom stereocenters. The van der Waals surface area contributed by atoms with Gasteiger partial charge in [0.05, 0.1) is 28.6 Å². The zero-order chi connectivity index (χ0) is 29.2. The van der Waals surface area contributed by atoms with E-state index in [0.29, 0.717) is 17.9 Å². The van der Waals surface area contributed by atoms with Crippen molar-refractivity contribution in [2.75, 3.05) is 24.6 Å². The maximum Gasteiger partial charge on any atom is 0.337 e. The Hall–Kier alpha value is -2.97. The molecule has 1 aliphatic rings. The predicted molar refractivity (Wildman–Crippen MR) is 162 cm³/mol. The number of aromatic nitrogens is 2. The summed E-state index contributed by atoms with van der Waals surface area (Å²) in [5.74, 6) is -0.221. The number of aliphatic carboxylic acids is 1. The summed E-state index contributed by atoms with van der Waals surface area (Å²) < 4.78 is 12.2. The minimum Gasteiger partial charge on any atom is -0.493 e. The Morgan fingerprint density at radius 3 is 2.27 bits per heavy atom. The van der Waals surface area contributed by atoms with Crippen molar-refractivity contribution >= 4 is 23.0 Å². The number of pyridine rings is 1. The van der Waals surface area contributed by atoms with E-state index in [9.17, 15) is 9.90 Å². The van der Waals surface area contributed by atoms with Crippen LogP contribution in [-0.4, -0.2) is 46.3 Å². The van der Waals surface area contributed by atoms with Gasteiger partial charge in [-0.05, 0) is 77.5 Å². The van der Waals surface area contributed by atoms with Gasteiger partial charge in [-0.1, -0.05) is 26.0 Å². The van der Waals surface area contributed by atoms with Gasteiger partial charge >= 0.3 is 5.97 Å². The van der Waals surface area contributed by atoms with Crippen molar-refractivity contribution in [1.82, 2.24) is 9.97 Å². The van der Waals surface area contributed by atoms with Crippen LogP contribution in [0.3, 0.4) is 0 Å². The molecule has 0 aliphatic carbocycles. The van der Waals surface area contributed by atoms with Crippen molar-refractivity contribution in [2.45, 2.75) is 86.4 Å². The van der Waals surface area contributed by atoms with E-state index in [0.717, 1.165) is 71.3 Å². The van der Waals surface area contributed by atoms with E-state index in [1.807, 2.05) is 65.8 Å². The second-order valence-electron chi connectivity index (χ2n) is 12.5. The molecule has 1 aromatic carbocycles. The Bertz CT molecular complexity index is 1330. The lowest BCUT2D eigenvalue weighted by Crippen LogP contribution is -2.39. The van der Waals surface area contributed by atoms with Gasteiger partial charge in [-0.15, -0.1) is 11.3 Å². The average Bonchev–Trinajstić information content (AvgIpc) is 3.27. The van der Waals surface area contributed by atoms with Crippen LogP contribution in [0.5, 0.6) is 5.75 Å². The number of aryl methyl sites for hydroxylation is 3. The quantitative estimate of drug-likeness (QED) is 0.291. The van der Waals surface area contributed by atoms with Gasteiger partial charge in [0.1, 0.15) is 5.75 Å². The Morgan fingerprint density at radius 1 is 1.07 bits per heavy atom. The van der Waals surface area contributed by atoms with Crippen LogP contribution in [0.15, 0.2) is 29.6 Å². The highest BCUT2D eigenvalue weighted by Crippen LogP contribution is 2.45. The van der Waals surface area contributed by atoms with E-state index in [1.165, 1.54) is 0 Å². The summed E-state index contributed by atoms with van der Waals surface area (Å²) in [4.78, 5) is 24.4. The van der Waals surface area contributed by atoms with Gasteiger partial charge < -0.3 is 19.5 Å². The molecule has 3 heterocycles. The van der Waals surface area contributed by atoms with E-state index >= 15 is 0 Å². The van der Waals surface area contributed by atoms with Gasteiger partial charge in [-0.25, -0.2) is 9.78 Å². The minimum atomic E-state index is -1.13. The van der Waals surface area contributed by atoms with E-state index in [1.54, 1.807) is 11.3 Å². The molecule has 4 rings (SSSR count). The molecule has 1 fully saturated rings. The SMILES string of the molecule is Cc1nc(CCOc2ccc(-c3c(C)nc(C)c(C(OC(C)(C)C)C(=O)O)c3N3CCC(C)(C)CC3)cc2)cs1. The second kappa shape index (κ2) is 11.9. The zero-order valence-corrected chi connectivity index (χ0v) is 25.9. The summed E-state index contributed by atoms with van der Waals surface area (Å²) >= 11 is 1.65. The third-order valence-corrected chi connectivity index (χ3v) is 8.23. The van der Waals surface area contributed by atoms with Gasteiger partial charge in [-0.2, -0.15) is 0 Å². The molecule has 1 saturated heterocycles. The summed E-state index contributed by atoms with van der Waals surface area (Å²) in [6, 6.07) is 8.04. The molecule has 216 valence electrons. The fourth-order valence-electron chi connectivity index (χ4n) is 5.27.